The minimum absolute atomic E-state index is 0.204. The van der Waals surface area contributed by atoms with Crippen molar-refractivity contribution in [1.29, 1.82) is 0 Å². The number of fused-ring (bicyclic) bond motifs is 3. The number of aryl methyl sites for hydroxylation is 1. The third-order valence-corrected chi connectivity index (χ3v) is 4.60. The van der Waals surface area contributed by atoms with E-state index < -0.39 is 0 Å². The van der Waals surface area contributed by atoms with E-state index in [1.165, 1.54) is 5.39 Å². The average Bonchev–Trinajstić information content (AvgIpc) is 3.13. The number of benzene rings is 2. The summed E-state index contributed by atoms with van der Waals surface area (Å²) in [5, 5.41) is 13.5. The molecule has 2 aromatic carbocycles. The highest BCUT2D eigenvalue weighted by molar-refractivity contribution is 5.92. The van der Waals surface area contributed by atoms with Crippen LogP contribution in [0.1, 0.15) is 0 Å². The average molecular weight is 320 g/mol. The quantitative estimate of drug-likeness (QED) is 0.583. The van der Waals surface area contributed by atoms with Crippen LogP contribution in [0.3, 0.4) is 0 Å². The molecule has 0 aliphatic carbocycles. The van der Waals surface area contributed by atoms with Gasteiger partial charge < -0.3 is 19.1 Å². The van der Waals surface area contributed by atoms with Gasteiger partial charge in [-0.3, -0.25) is 4.57 Å². The molecule has 24 heavy (non-hydrogen) atoms. The monoisotopic (exact) mass is 320 g/mol. The first kappa shape index (κ1) is 13.4. The second-order valence-corrected chi connectivity index (χ2v) is 6.08. The lowest BCUT2D eigenvalue weighted by Crippen LogP contribution is -2.14. The SMILES string of the molecule is Cn1ccc2ccc(-n3cc4cc5c(cc4c3O)OCCO5)cc21. The highest BCUT2D eigenvalue weighted by Crippen LogP contribution is 2.40. The molecule has 0 spiro atoms. The Morgan fingerprint density at radius 1 is 0.958 bits per heavy atom. The summed E-state index contributed by atoms with van der Waals surface area (Å²) in [4.78, 5) is 0. The Morgan fingerprint density at radius 3 is 2.58 bits per heavy atom. The summed E-state index contributed by atoms with van der Waals surface area (Å²) in [5.74, 6) is 1.61. The maximum absolute atomic E-state index is 10.7. The maximum Gasteiger partial charge on any atom is 0.203 e. The highest BCUT2D eigenvalue weighted by Gasteiger charge is 2.17. The normalized spacial score (nSPS) is 13.7. The standard InChI is InChI=1S/C19H16N2O3/c1-20-5-4-12-2-3-14(9-16(12)20)21-11-13-8-17-18(24-7-6-23-17)10-15(13)19(21)22/h2-5,8-11,22H,6-7H2,1H3. The summed E-state index contributed by atoms with van der Waals surface area (Å²) < 4.78 is 15.1. The summed E-state index contributed by atoms with van der Waals surface area (Å²) in [5.41, 5.74) is 2.04. The van der Waals surface area contributed by atoms with Gasteiger partial charge in [0.15, 0.2) is 11.5 Å². The van der Waals surface area contributed by atoms with Crippen molar-refractivity contribution in [1.82, 2.24) is 9.13 Å². The molecule has 0 saturated heterocycles. The molecule has 5 rings (SSSR count). The van der Waals surface area contributed by atoms with Crippen LogP contribution in [0.15, 0.2) is 48.8 Å². The first-order chi connectivity index (χ1) is 11.7. The summed E-state index contributed by atoms with van der Waals surface area (Å²) in [6.45, 7) is 1.08. The number of rotatable bonds is 1. The molecule has 0 atom stereocenters. The third kappa shape index (κ3) is 1.81. The van der Waals surface area contributed by atoms with Gasteiger partial charge in [-0.2, -0.15) is 0 Å². The molecule has 0 fully saturated rings. The fraction of sp³-hybridized carbons (Fsp3) is 0.158. The molecule has 1 aliphatic rings. The first-order valence-electron chi connectivity index (χ1n) is 7.90. The Labute approximate surface area is 138 Å². The molecule has 120 valence electrons. The number of aromatic hydroxyl groups is 1. The molecule has 5 heteroatoms. The molecular weight excluding hydrogens is 304 g/mol. The van der Waals surface area contributed by atoms with E-state index in [9.17, 15) is 5.11 Å². The largest absolute Gasteiger partial charge is 0.494 e. The fourth-order valence-electron chi connectivity index (χ4n) is 3.33. The van der Waals surface area contributed by atoms with Crippen LogP contribution in [0.2, 0.25) is 0 Å². The fourth-order valence-corrected chi connectivity index (χ4v) is 3.33. The van der Waals surface area contributed by atoms with Crippen molar-refractivity contribution in [3.63, 3.8) is 0 Å². The zero-order valence-electron chi connectivity index (χ0n) is 13.2. The lowest BCUT2D eigenvalue weighted by molar-refractivity contribution is 0.172. The molecule has 4 aromatic rings. The smallest absolute Gasteiger partial charge is 0.203 e. The number of ether oxygens (including phenoxy) is 2. The molecule has 0 amide bonds. The van der Waals surface area contributed by atoms with E-state index in [2.05, 4.69) is 22.8 Å². The molecule has 1 N–H and O–H groups in total. The Kier molecular flexibility index (Phi) is 2.62. The van der Waals surface area contributed by atoms with E-state index >= 15 is 0 Å². The van der Waals surface area contributed by atoms with Gasteiger partial charge in [0.25, 0.3) is 0 Å². The van der Waals surface area contributed by atoms with Crippen molar-refractivity contribution in [3.05, 3.63) is 48.8 Å². The minimum Gasteiger partial charge on any atom is -0.494 e. The van der Waals surface area contributed by atoms with Crippen LogP contribution < -0.4 is 9.47 Å². The molecule has 0 radical (unpaired) electrons. The van der Waals surface area contributed by atoms with Crippen LogP contribution in [0.25, 0.3) is 27.4 Å². The van der Waals surface area contributed by atoms with E-state index in [1.54, 1.807) is 4.57 Å². The van der Waals surface area contributed by atoms with E-state index in [0.29, 0.717) is 19.0 Å². The minimum atomic E-state index is 0.204. The zero-order chi connectivity index (χ0) is 16.3. The first-order valence-corrected chi connectivity index (χ1v) is 7.90. The Balaban J connectivity index is 1.73. The van der Waals surface area contributed by atoms with Crippen molar-refractivity contribution in [2.75, 3.05) is 13.2 Å². The number of aromatic nitrogens is 2. The Bertz CT molecular complexity index is 1090. The lowest BCUT2D eigenvalue weighted by atomic mass is 10.2. The van der Waals surface area contributed by atoms with Gasteiger partial charge in [-0.05, 0) is 35.7 Å². The Morgan fingerprint density at radius 2 is 1.75 bits per heavy atom. The van der Waals surface area contributed by atoms with Gasteiger partial charge in [0.05, 0.1) is 5.69 Å². The van der Waals surface area contributed by atoms with E-state index in [1.807, 2.05) is 37.6 Å². The van der Waals surface area contributed by atoms with Gasteiger partial charge in [-0.1, -0.05) is 6.07 Å². The molecule has 5 nitrogen and oxygen atoms in total. The third-order valence-electron chi connectivity index (χ3n) is 4.60. The van der Waals surface area contributed by atoms with E-state index in [0.717, 1.165) is 27.7 Å². The summed E-state index contributed by atoms with van der Waals surface area (Å²) >= 11 is 0. The number of nitrogens with zero attached hydrogens (tertiary/aromatic N) is 2. The predicted octanol–water partition coefficient (Wildman–Crippen LogP) is 3.60. The van der Waals surface area contributed by atoms with Crippen LogP contribution in [0.4, 0.5) is 0 Å². The van der Waals surface area contributed by atoms with Crippen molar-refractivity contribution in [2.24, 2.45) is 7.05 Å². The molecule has 3 heterocycles. The van der Waals surface area contributed by atoms with Crippen LogP contribution in [-0.4, -0.2) is 27.5 Å². The molecule has 0 bridgehead atoms. The van der Waals surface area contributed by atoms with E-state index in [4.69, 9.17) is 9.47 Å². The van der Waals surface area contributed by atoms with Gasteiger partial charge in [-0.25, -0.2) is 0 Å². The van der Waals surface area contributed by atoms with E-state index in [-0.39, 0.29) is 5.88 Å². The molecule has 2 aromatic heterocycles. The van der Waals surface area contributed by atoms with Crippen molar-refractivity contribution in [3.8, 4) is 23.1 Å². The molecule has 1 aliphatic heterocycles. The summed E-state index contributed by atoms with van der Waals surface area (Å²) in [7, 11) is 2.01. The van der Waals surface area contributed by atoms with Crippen LogP contribution in [0, 0.1) is 0 Å². The number of hydrogen-bond donors (Lipinski definition) is 1. The molecule has 0 unspecified atom stereocenters. The van der Waals surface area contributed by atoms with Crippen molar-refractivity contribution >= 4 is 21.7 Å². The number of hydrogen-bond acceptors (Lipinski definition) is 3. The van der Waals surface area contributed by atoms with Crippen LogP contribution >= 0.6 is 0 Å². The van der Waals surface area contributed by atoms with Gasteiger partial charge >= 0.3 is 0 Å². The van der Waals surface area contributed by atoms with Crippen molar-refractivity contribution in [2.45, 2.75) is 0 Å². The zero-order valence-corrected chi connectivity index (χ0v) is 13.2. The van der Waals surface area contributed by atoms with Crippen LogP contribution in [0.5, 0.6) is 17.4 Å². The second kappa shape index (κ2) is 4.71. The van der Waals surface area contributed by atoms with Crippen LogP contribution in [-0.2, 0) is 7.05 Å². The second-order valence-electron chi connectivity index (χ2n) is 6.08. The van der Waals surface area contributed by atoms with Gasteiger partial charge in [-0.15, -0.1) is 0 Å². The van der Waals surface area contributed by atoms with Crippen molar-refractivity contribution < 1.29 is 14.6 Å². The topological polar surface area (TPSA) is 48.5 Å². The Hall–Kier alpha value is -3.08. The van der Waals surface area contributed by atoms with Gasteiger partial charge in [0.1, 0.15) is 13.2 Å². The van der Waals surface area contributed by atoms with Gasteiger partial charge in [0.2, 0.25) is 5.88 Å². The maximum atomic E-state index is 10.7. The van der Waals surface area contributed by atoms with Gasteiger partial charge in [0, 0.05) is 35.7 Å². The molecule has 0 saturated carbocycles. The highest BCUT2D eigenvalue weighted by atomic mass is 16.6. The summed E-state index contributed by atoms with van der Waals surface area (Å²) in [6.07, 6.45) is 3.95. The molecular formula is C19H16N2O3. The lowest BCUT2D eigenvalue weighted by Gasteiger charge is -2.18. The predicted molar refractivity (Wildman–Crippen MR) is 92.4 cm³/mol. The summed E-state index contributed by atoms with van der Waals surface area (Å²) in [6, 6.07) is 12.0.